The lowest BCUT2D eigenvalue weighted by Gasteiger charge is -2.33. The summed E-state index contributed by atoms with van der Waals surface area (Å²) < 4.78 is 11.7. The van der Waals surface area contributed by atoms with Gasteiger partial charge in [0.25, 0.3) is 0 Å². The van der Waals surface area contributed by atoms with Crippen molar-refractivity contribution in [2.24, 2.45) is 0 Å². The molecule has 1 aliphatic heterocycles. The molecule has 0 spiro atoms. The Morgan fingerprint density at radius 2 is 0.957 bits per heavy atom. The van der Waals surface area contributed by atoms with Crippen LogP contribution in [0.5, 0.6) is 0 Å². The van der Waals surface area contributed by atoms with Crippen molar-refractivity contribution in [1.82, 2.24) is 5.32 Å². The Balaban J connectivity index is 1.96. The van der Waals surface area contributed by atoms with Crippen molar-refractivity contribution < 1.29 is 14.1 Å². The normalized spacial score (nSPS) is 16.9. The van der Waals surface area contributed by atoms with E-state index in [9.17, 15) is 4.79 Å². The molecule has 0 aromatic carbocycles. The first-order chi connectivity index (χ1) is 22.7. The van der Waals surface area contributed by atoms with Gasteiger partial charge in [-0.2, -0.15) is 0 Å². The quantitative estimate of drug-likeness (QED) is 0.0430. The highest BCUT2D eigenvalue weighted by Crippen LogP contribution is 2.17. The maximum absolute atomic E-state index is 12.7. The van der Waals surface area contributed by atoms with Gasteiger partial charge < -0.3 is 14.6 Å². The Labute approximate surface area is 288 Å². The molecule has 1 unspecified atom stereocenters. The Kier molecular flexibility index (Phi) is 32.0. The Morgan fingerprint density at radius 1 is 0.587 bits per heavy atom. The molecule has 270 valence electrons. The van der Waals surface area contributed by atoms with Gasteiger partial charge >= 0.3 is 7.12 Å². The summed E-state index contributed by atoms with van der Waals surface area (Å²) >= 11 is 0. The predicted octanol–water partition coefficient (Wildman–Crippen LogP) is 13.1. The lowest BCUT2D eigenvalue weighted by atomic mass is 9.90. The standard InChI is InChI=1S/C41H80BNO3/c1-4-6-8-10-12-14-16-18-19-20-21-22-23-25-27-29-31-33-35-37-41(44)43-39-38-45-42(3)46-40(39)36-34-32-30-28-26-24-17-15-13-11-9-7-5-2/h34,36,39-40H,4-33,35,37-38H2,1-3H3,(H,43,44)/b36-34+/t39-,40?/m0/s1. The summed E-state index contributed by atoms with van der Waals surface area (Å²) in [7, 11) is -0.218. The molecule has 1 saturated heterocycles. The molecule has 0 bridgehead atoms. The molecular weight excluding hydrogens is 565 g/mol. The summed E-state index contributed by atoms with van der Waals surface area (Å²) in [5.41, 5.74) is 0. The summed E-state index contributed by atoms with van der Waals surface area (Å²) in [6.07, 6.45) is 47.2. The van der Waals surface area contributed by atoms with Crippen LogP contribution in [0, 0.1) is 0 Å². The lowest BCUT2D eigenvalue weighted by Crippen LogP contribution is -2.53. The summed E-state index contributed by atoms with van der Waals surface area (Å²) in [6.45, 7) is 7.05. The summed E-state index contributed by atoms with van der Waals surface area (Å²) in [5.74, 6) is 0.141. The zero-order valence-electron chi connectivity index (χ0n) is 31.4. The molecule has 1 fully saturated rings. The molecule has 0 aromatic rings. The van der Waals surface area contributed by atoms with Gasteiger partial charge in [-0.05, 0) is 26.1 Å². The van der Waals surface area contributed by atoms with Gasteiger partial charge in [0.05, 0.1) is 18.8 Å². The highest BCUT2D eigenvalue weighted by Gasteiger charge is 2.31. The number of allylic oxidation sites excluding steroid dienone is 1. The average Bonchev–Trinajstić information content (AvgIpc) is 3.05. The Morgan fingerprint density at radius 3 is 1.37 bits per heavy atom. The van der Waals surface area contributed by atoms with E-state index in [1.807, 2.05) is 6.82 Å². The minimum absolute atomic E-state index is 0.0856. The van der Waals surface area contributed by atoms with E-state index in [4.69, 9.17) is 9.31 Å². The summed E-state index contributed by atoms with van der Waals surface area (Å²) in [6, 6.07) is -0.0856. The van der Waals surface area contributed by atoms with E-state index in [-0.39, 0.29) is 25.2 Å². The van der Waals surface area contributed by atoms with Crippen LogP contribution in [0.15, 0.2) is 12.2 Å². The second-order valence-corrected chi connectivity index (χ2v) is 14.5. The number of hydrogen-bond donors (Lipinski definition) is 1. The Bertz CT molecular complexity index is 672. The van der Waals surface area contributed by atoms with Gasteiger partial charge in [0.1, 0.15) is 0 Å². The number of carbonyl (C=O) groups excluding carboxylic acids is 1. The van der Waals surface area contributed by atoms with Crippen LogP contribution in [0.4, 0.5) is 0 Å². The molecule has 0 aliphatic carbocycles. The van der Waals surface area contributed by atoms with Crippen molar-refractivity contribution in [3.05, 3.63) is 12.2 Å². The first-order valence-electron chi connectivity index (χ1n) is 20.9. The highest BCUT2D eigenvalue weighted by molar-refractivity contribution is 6.42. The summed E-state index contributed by atoms with van der Waals surface area (Å²) in [5, 5.41) is 3.20. The molecule has 5 heteroatoms. The number of unbranched alkanes of at least 4 members (excludes halogenated alkanes) is 29. The maximum Gasteiger partial charge on any atom is 0.454 e. The van der Waals surface area contributed by atoms with Crippen molar-refractivity contribution in [2.75, 3.05) is 6.61 Å². The van der Waals surface area contributed by atoms with Gasteiger partial charge in [-0.25, -0.2) is 0 Å². The second-order valence-electron chi connectivity index (χ2n) is 14.5. The fourth-order valence-electron chi connectivity index (χ4n) is 6.79. The largest absolute Gasteiger partial charge is 0.454 e. The minimum Gasteiger partial charge on any atom is -0.409 e. The van der Waals surface area contributed by atoms with Crippen LogP contribution in [0.1, 0.15) is 219 Å². The van der Waals surface area contributed by atoms with Gasteiger partial charge in [0.2, 0.25) is 5.91 Å². The van der Waals surface area contributed by atoms with Crippen LogP contribution in [0.3, 0.4) is 0 Å². The van der Waals surface area contributed by atoms with Crippen molar-refractivity contribution in [3.63, 3.8) is 0 Å². The Hall–Kier alpha value is -0.805. The zero-order chi connectivity index (χ0) is 33.2. The van der Waals surface area contributed by atoms with E-state index in [1.165, 1.54) is 180 Å². The molecule has 1 N–H and O–H groups in total. The topological polar surface area (TPSA) is 47.6 Å². The van der Waals surface area contributed by atoms with E-state index in [0.717, 1.165) is 19.3 Å². The number of carbonyl (C=O) groups is 1. The molecule has 2 atom stereocenters. The SMILES string of the molecule is CCCCCCCCCCCCC/C=C/C1OB(C)OC[C@@H]1NC(=O)CCCCCCCCCCCCCCCCCCCCC. The summed E-state index contributed by atoms with van der Waals surface area (Å²) in [4.78, 5) is 12.7. The molecule has 0 saturated carbocycles. The monoisotopic (exact) mass is 646 g/mol. The van der Waals surface area contributed by atoms with Gasteiger partial charge in [-0.3, -0.25) is 4.79 Å². The van der Waals surface area contributed by atoms with E-state index in [1.54, 1.807) is 0 Å². The molecule has 4 nitrogen and oxygen atoms in total. The molecule has 46 heavy (non-hydrogen) atoms. The molecule has 0 aromatic heterocycles. The molecular formula is C41H80BNO3. The van der Waals surface area contributed by atoms with Gasteiger partial charge in [-0.15, -0.1) is 0 Å². The maximum atomic E-state index is 12.7. The number of rotatable bonds is 34. The number of hydrogen-bond acceptors (Lipinski definition) is 3. The van der Waals surface area contributed by atoms with Gasteiger partial charge in [0.15, 0.2) is 0 Å². The van der Waals surface area contributed by atoms with Crippen LogP contribution >= 0.6 is 0 Å². The smallest absolute Gasteiger partial charge is 0.409 e. The fraction of sp³-hybridized carbons (Fsp3) is 0.927. The third kappa shape index (κ3) is 28.2. The average molecular weight is 646 g/mol. The zero-order valence-corrected chi connectivity index (χ0v) is 31.4. The number of nitrogens with one attached hydrogen (secondary N) is 1. The first-order valence-corrected chi connectivity index (χ1v) is 20.9. The van der Waals surface area contributed by atoms with Crippen molar-refractivity contribution in [1.29, 1.82) is 0 Å². The second kappa shape index (κ2) is 34.1. The molecule has 1 aliphatic rings. The molecule has 0 radical (unpaired) electrons. The highest BCUT2D eigenvalue weighted by atomic mass is 16.6. The van der Waals surface area contributed by atoms with E-state index in [0.29, 0.717) is 13.0 Å². The van der Waals surface area contributed by atoms with Gasteiger partial charge in [-0.1, -0.05) is 206 Å². The molecule has 1 amide bonds. The van der Waals surface area contributed by atoms with E-state index in [2.05, 4.69) is 31.3 Å². The molecule has 1 rings (SSSR count). The van der Waals surface area contributed by atoms with Crippen molar-refractivity contribution in [2.45, 2.75) is 238 Å². The predicted molar refractivity (Wildman–Crippen MR) is 203 cm³/mol. The van der Waals surface area contributed by atoms with Crippen LogP contribution < -0.4 is 5.32 Å². The lowest BCUT2D eigenvalue weighted by molar-refractivity contribution is -0.123. The fourth-order valence-corrected chi connectivity index (χ4v) is 6.79. The van der Waals surface area contributed by atoms with Crippen LogP contribution in [0.2, 0.25) is 6.82 Å². The first kappa shape index (κ1) is 43.2. The van der Waals surface area contributed by atoms with Crippen molar-refractivity contribution >= 4 is 13.0 Å². The van der Waals surface area contributed by atoms with Crippen LogP contribution in [-0.2, 0) is 14.1 Å². The van der Waals surface area contributed by atoms with E-state index >= 15 is 0 Å². The van der Waals surface area contributed by atoms with E-state index < -0.39 is 0 Å². The third-order valence-electron chi connectivity index (χ3n) is 9.91. The van der Waals surface area contributed by atoms with Crippen LogP contribution in [-0.4, -0.2) is 31.8 Å². The van der Waals surface area contributed by atoms with Gasteiger partial charge in [0, 0.05) is 6.42 Å². The number of amides is 1. The van der Waals surface area contributed by atoms with Crippen molar-refractivity contribution in [3.8, 4) is 0 Å². The minimum atomic E-state index is -0.218. The molecule has 1 heterocycles. The third-order valence-corrected chi connectivity index (χ3v) is 9.91. The van der Waals surface area contributed by atoms with Crippen LogP contribution in [0.25, 0.3) is 0 Å².